The maximum atomic E-state index is 13.0. The van der Waals surface area contributed by atoms with Gasteiger partial charge in [0.25, 0.3) is 5.91 Å². The summed E-state index contributed by atoms with van der Waals surface area (Å²) in [6.45, 7) is 1.00. The molecule has 0 unspecified atom stereocenters. The number of nitrogens with zero attached hydrogens (tertiary/aromatic N) is 1. The molecule has 3 aromatic rings. The van der Waals surface area contributed by atoms with Crippen LogP contribution in [0.1, 0.15) is 41.6 Å². The van der Waals surface area contributed by atoms with Crippen molar-refractivity contribution in [2.75, 3.05) is 29.9 Å². The summed E-state index contributed by atoms with van der Waals surface area (Å²) in [7, 11) is 0. The Labute approximate surface area is 227 Å². The summed E-state index contributed by atoms with van der Waals surface area (Å²) in [6, 6.07) is 22.3. The number of hydrogen-bond donors (Lipinski definition) is 3. The number of nitrogens with one attached hydrogen (secondary N) is 1. The van der Waals surface area contributed by atoms with Crippen LogP contribution in [0.25, 0.3) is 0 Å². The minimum atomic E-state index is -1.15. The zero-order chi connectivity index (χ0) is 27.6. The fourth-order valence-electron chi connectivity index (χ4n) is 4.40. The molecular formula is C30H32N2O7. The highest BCUT2D eigenvalue weighted by atomic mass is 16.5. The van der Waals surface area contributed by atoms with Gasteiger partial charge >= 0.3 is 11.9 Å². The van der Waals surface area contributed by atoms with Crippen molar-refractivity contribution in [3.63, 3.8) is 0 Å². The normalized spacial score (nSPS) is 14.2. The molecule has 4 rings (SSSR count). The van der Waals surface area contributed by atoms with Crippen molar-refractivity contribution < 1.29 is 34.1 Å². The largest absolute Gasteiger partial charge is 0.494 e. The first-order valence-corrected chi connectivity index (χ1v) is 13.0. The molecule has 0 bridgehead atoms. The van der Waals surface area contributed by atoms with Crippen molar-refractivity contribution in [2.45, 2.75) is 38.2 Å². The van der Waals surface area contributed by atoms with E-state index in [1.54, 1.807) is 47.4 Å². The molecule has 0 saturated carbocycles. The van der Waals surface area contributed by atoms with Gasteiger partial charge in [0.2, 0.25) is 6.10 Å². The number of anilines is 2. The van der Waals surface area contributed by atoms with Gasteiger partial charge in [-0.25, -0.2) is 4.79 Å². The highest BCUT2D eigenvalue weighted by Gasteiger charge is 2.32. The van der Waals surface area contributed by atoms with E-state index in [4.69, 9.17) is 14.6 Å². The predicted octanol–water partition coefficient (Wildman–Crippen LogP) is 4.86. The number of carbonyl (C=O) groups excluding carboxylic acids is 1. The summed E-state index contributed by atoms with van der Waals surface area (Å²) in [5, 5.41) is 21.3. The molecule has 0 spiro atoms. The Morgan fingerprint density at radius 1 is 0.923 bits per heavy atom. The number of fused-ring (bicyclic) bond motifs is 1. The lowest BCUT2D eigenvalue weighted by atomic mass is 10.1. The Hall–Kier alpha value is -4.53. The van der Waals surface area contributed by atoms with Crippen LogP contribution in [0.15, 0.2) is 72.8 Å². The Morgan fingerprint density at radius 3 is 2.41 bits per heavy atom. The van der Waals surface area contributed by atoms with E-state index in [1.165, 1.54) is 5.56 Å². The molecule has 1 heterocycles. The Morgan fingerprint density at radius 2 is 1.69 bits per heavy atom. The van der Waals surface area contributed by atoms with E-state index in [2.05, 4.69) is 17.4 Å². The SMILES string of the molecule is O=C(O)CCCN1C[C@@H](C(=O)O)Oc2c(NC(=O)c3ccc(OCCCCc4ccccc4)cc3)cccc21. The van der Waals surface area contributed by atoms with Crippen LogP contribution >= 0.6 is 0 Å². The molecule has 0 fully saturated rings. The number of benzene rings is 3. The van der Waals surface area contributed by atoms with Crippen molar-refractivity contribution in [2.24, 2.45) is 0 Å². The molecular weight excluding hydrogens is 500 g/mol. The summed E-state index contributed by atoms with van der Waals surface area (Å²) in [4.78, 5) is 37.4. The second-order valence-electron chi connectivity index (χ2n) is 9.31. The molecule has 0 aliphatic carbocycles. The van der Waals surface area contributed by atoms with Gasteiger partial charge in [-0.2, -0.15) is 0 Å². The summed E-state index contributed by atoms with van der Waals surface area (Å²) in [5.74, 6) is -1.51. The van der Waals surface area contributed by atoms with Crippen LogP contribution in [0.3, 0.4) is 0 Å². The zero-order valence-electron chi connectivity index (χ0n) is 21.5. The molecule has 0 aromatic heterocycles. The molecule has 9 nitrogen and oxygen atoms in total. The van der Waals surface area contributed by atoms with Gasteiger partial charge in [0, 0.05) is 18.5 Å². The molecule has 3 aromatic carbocycles. The van der Waals surface area contributed by atoms with E-state index in [1.807, 2.05) is 18.2 Å². The standard InChI is InChI=1S/C30H32N2O7/c33-27(34)13-7-18-32-20-26(30(36)37)39-28-24(11-6-12-25(28)32)31-29(35)22-14-16-23(17-15-22)38-19-5-4-10-21-8-2-1-3-9-21/h1-3,6,8-9,11-12,14-17,26H,4-5,7,10,13,18-20H2,(H,31,35)(H,33,34)(H,36,37)/t26-/m0/s1. The molecule has 1 amide bonds. The molecule has 1 aliphatic rings. The van der Waals surface area contributed by atoms with E-state index in [-0.39, 0.29) is 24.6 Å². The zero-order valence-corrected chi connectivity index (χ0v) is 21.5. The fraction of sp³-hybridized carbons (Fsp3) is 0.300. The Balaban J connectivity index is 1.35. The van der Waals surface area contributed by atoms with E-state index in [0.717, 1.165) is 19.3 Å². The number of rotatable bonds is 13. The molecule has 3 N–H and O–H groups in total. The van der Waals surface area contributed by atoms with Crippen LogP contribution in [0.5, 0.6) is 11.5 Å². The van der Waals surface area contributed by atoms with Gasteiger partial charge in [-0.05, 0) is 67.6 Å². The lowest BCUT2D eigenvalue weighted by molar-refractivity contribution is -0.145. The first-order chi connectivity index (χ1) is 18.9. The van der Waals surface area contributed by atoms with Crippen LogP contribution < -0.4 is 19.7 Å². The van der Waals surface area contributed by atoms with Gasteiger partial charge in [-0.3, -0.25) is 9.59 Å². The highest BCUT2D eigenvalue weighted by Crippen LogP contribution is 2.40. The third kappa shape index (κ3) is 7.73. The molecule has 9 heteroatoms. The summed E-state index contributed by atoms with van der Waals surface area (Å²) < 4.78 is 11.6. The van der Waals surface area contributed by atoms with Gasteiger partial charge in [-0.15, -0.1) is 0 Å². The van der Waals surface area contributed by atoms with Gasteiger partial charge in [-0.1, -0.05) is 36.4 Å². The second-order valence-corrected chi connectivity index (χ2v) is 9.31. The second kappa shape index (κ2) is 13.3. The van der Waals surface area contributed by atoms with Gasteiger partial charge in [0.15, 0.2) is 5.75 Å². The smallest absolute Gasteiger partial charge is 0.346 e. The number of carboxylic acid groups (broad SMARTS) is 2. The van der Waals surface area contributed by atoms with Crippen molar-refractivity contribution in [3.8, 4) is 11.5 Å². The first kappa shape index (κ1) is 27.5. The average molecular weight is 533 g/mol. The van der Waals surface area contributed by atoms with Crippen LogP contribution in [0.2, 0.25) is 0 Å². The third-order valence-corrected chi connectivity index (χ3v) is 6.41. The molecule has 0 saturated heterocycles. The van der Waals surface area contributed by atoms with Crippen LogP contribution in [0.4, 0.5) is 11.4 Å². The van der Waals surface area contributed by atoms with Gasteiger partial charge in [0.1, 0.15) is 5.75 Å². The average Bonchev–Trinajstić information content (AvgIpc) is 2.93. The number of carbonyl (C=O) groups is 3. The van der Waals surface area contributed by atoms with Crippen LogP contribution in [0, 0.1) is 0 Å². The minimum absolute atomic E-state index is 0.0335. The lowest BCUT2D eigenvalue weighted by Crippen LogP contribution is -2.45. The van der Waals surface area contributed by atoms with Gasteiger partial charge in [0.05, 0.1) is 24.5 Å². The number of carboxylic acids is 2. The summed E-state index contributed by atoms with van der Waals surface area (Å²) in [5.41, 5.74) is 2.66. The van der Waals surface area contributed by atoms with E-state index < -0.39 is 18.0 Å². The summed E-state index contributed by atoms with van der Waals surface area (Å²) in [6.07, 6.45) is 2.11. The maximum absolute atomic E-state index is 13.0. The monoisotopic (exact) mass is 532 g/mol. The highest BCUT2D eigenvalue weighted by molar-refractivity contribution is 6.05. The van der Waals surface area contributed by atoms with Crippen molar-refractivity contribution in [3.05, 3.63) is 83.9 Å². The topological polar surface area (TPSA) is 125 Å². The quantitative estimate of drug-likeness (QED) is 0.267. The lowest BCUT2D eigenvalue weighted by Gasteiger charge is -2.35. The van der Waals surface area contributed by atoms with E-state index in [0.29, 0.717) is 42.3 Å². The minimum Gasteiger partial charge on any atom is -0.494 e. The fourth-order valence-corrected chi connectivity index (χ4v) is 4.40. The number of hydrogen-bond acceptors (Lipinski definition) is 6. The molecule has 0 radical (unpaired) electrons. The maximum Gasteiger partial charge on any atom is 0.346 e. The molecule has 1 atom stereocenters. The first-order valence-electron chi connectivity index (χ1n) is 13.0. The summed E-state index contributed by atoms with van der Waals surface area (Å²) >= 11 is 0. The van der Waals surface area contributed by atoms with Gasteiger partial charge < -0.3 is 29.9 Å². The number of unbranched alkanes of at least 4 members (excludes halogenated alkanes) is 1. The molecule has 1 aliphatic heterocycles. The van der Waals surface area contributed by atoms with Crippen molar-refractivity contribution in [1.82, 2.24) is 0 Å². The van der Waals surface area contributed by atoms with Crippen molar-refractivity contribution in [1.29, 1.82) is 0 Å². The van der Waals surface area contributed by atoms with Crippen LogP contribution in [-0.4, -0.2) is 53.9 Å². The van der Waals surface area contributed by atoms with E-state index >= 15 is 0 Å². The number of amides is 1. The van der Waals surface area contributed by atoms with E-state index in [9.17, 15) is 19.5 Å². The number of para-hydroxylation sites is 1. The van der Waals surface area contributed by atoms with Crippen molar-refractivity contribution >= 4 is 29.2 Å². The predicted molar refractivity (Wildman–Crippen MR) is 147 cm³/mol. The molecule has 39 heavy (non-hydrogen) atoms. The Kier molecular flexibility index (Phi) is 9.39. The number of ether oxygens (including phenoxy) is 2. The number of aliphatic carboxylic acids is 2. The third-order valence-electron chi connectivity index (χ3n) is 6.41. The number of aryl methyl sites for hydroxylation is 1. The molecule has 204 valence electrons. The van der Waals surface area contributed by atoms with Crippen LogP contribution in [-0.2, 0) is 16.0 Å². The Bertz CT molecular complexity index is 1280.